The van der Waals surface area contributed by atoms with Gasteiger partial charge >= 0.3 is 0 Å². The van der Waals surface area contributed by atoms with Crippen LogP contribution in [0.1, 0.15) is 32.6 Å². The molecule has 1 saturated carbocycles. The van der Waals surface area contributed by atoms with Gasteiger partial charge in [-0.1, -0.05) is 0 Å². The standard InChI is InChI=1S/C23H25N7O2S/c1-14(31)25-15-2-4-16(5-3-15)26-21-20-22(30(13-24-20)18-10-11-33-12-18)29-23(28-21)27-17-6-8-19(32)9-7-17/h2-5,10-13,17,19,32H,6-9H2,1H3,(H,25,31)(H2,26,27,28,29). The van der Waals surface area contributed by atoms with Gasteiger partial charge in [-0.25, -0.2) is 4.98 Å². The molecule has 0 saturated heterocycles. The van der Waals surface area contributed by atoms with Crippen molar-refractivity contribution < 1.29 is 9.90 Å². The highest BCUT2D eigenvalue weighted by molar-refractivity contribution is 7.08. The fraction of sp³-hybridized carbons (Fsp3) is 0.304. The van der Waals surface area contributed by atoms with Crippen LogP contribution in [0.15, 0.2) is 47.4 Å². The molecule has 9 nitrogen and oxygen atoms in total. The predicted molar refractivity (Wildman–Crippen MR) is 130 cm³/mol. The van der Waals surface area contributed by atoms with E-state index in [0.29, 0.717) is 22.9 Å². The largest absolute Gasteiger partial charge is 0.393 e. The molecule has 1 fully saturated rings. The fourth-order valence-electron chi connectivity index (χ4n) is 4.01. The Labute approximate surface area is 194 Å². The van der Waals surface area contributed by atoms with Gasteiger partial charge in [-0.2, -0.15) is 21.3 Å². The van der Waals surface area contributed by atoms with E-state index >= 15 is 0 Å². The van der Waals surface area contributed by atoms with Crippen molar-refractivity contribution in [3.8, 4) is 5.69 Å². The predicted octanol–water partition coefficient (Wildman–Crippen LogP) is 4.29. The molecular formula is C23H25N7O2S. The van der Waals surface area contributed by atoms with E-state index in [0.717, 1.165) is 42.7 Å². The first-order valence-electron chi connectivity index (χ1n) is 10.9. The Morgan fingerprint density at radius 1 is 1.09 bits per heavy atom. The molecule has 0 unspecified atom stereocenters. The summed E-state index contributed by atoms with van der Waals surface area (Å²) in [7, 11) is 0. The quantitative estimate of drug-likeness (QED) is 0.337. The molecule has 1 aliphatic carbocycles. The van der Waals surface area contributed by atoms with Gasteiger partial charge in [0.25, 0.3) is 0 Å². The van der Waals surface area contributed by atoms with Crippen LogP contribution in [0.2, 0.25) is 0 Å². The number of carbonyl (C=O) groups is 1. The van der Waals surface area contributed by atoms with Crippen LogP contribution in [0.25, 0.3) is 16.9 Å². The molecule has 33 heavy (non-hydrogen) atoms. The second-order valence-corrected chi connectivity index (χ2v) is 8.98. The topological polar surface area (TPSA) is 117 Å². The summed E-state index contributed by atoms with van der Waals surface area (Å²) in [6.45, 7) is 1.48. The van der Waals surface area contributed by atoms with Gasteiger partial charge in [0.1, 0.15) is 6.33 Å². The second kappa shape index (κ2) is 9.16. The fourth-order valence-corrected chi connectivity index (χ4v) is 4.64. The number of carbonyl (C=O) groups excluding carboxylic acids is 1. The molecule has 1 aromatic carbocycles. The van der Waals surface area contributed by atoms with E-state index in [2.05, 4.69) is 20.9 Å². The summed E-state index contributed by atoms with van der Waals surface area (Å²) in [4.78, 5) is 25.4. The number of anilines is 4. The average molecular weight is 464 g/mol. The molecule has 5 rings (SSSR count). The minimum atomic E-state index is -0.218. The lowest BCUT2D eigenvalue weighted by molar-refractivity contribution is -0.114. The van der Waals surface area contributed by atoms with Crippen LogP contribution < -0.4 is 16.0 Å². The summed E-state index contributed by atoms with van der Waals surface area (Å²) in [5.74, 6) is 1.01. The minimum absolute atomic E-state index is 0.113. The van der Waals surface area contributed by atoms with Gasteiger partial charge in [0.15, 0.2) is 17.0 Å². The third-order valence-electron chi connectivity index (χ3n) is 5.68. The Hall–Kier alpha value is -3.50. The number of hydrogen-bond donors (Lipinski definition) is 4. The first-order chi connectivity index (χ1) is 16.0. The van der Waals surface area contributed by atoms with Gasteiger partial charge in [-0.15, -0.1) is 0 Å². The zero-order valence-electron chi connectivity index (χ0n) is 18.2. The van der Waals surface area contributed by atoms with Crippen molar-refractivity contribution in [3.05, 3.63) is 47.4 Å². The first-order valence-corrected chi connectivity index (χ1v) is 11.9. The molecule has 3 aromatic heterocycles. The van der Waals surface area contributed by atoms with E-state index in [1.54, 1.807) is 17.7 Å². The van der Waals surface area contributed by atoms with E-state index in [-0.39, 0.29) is 18.1 Å². The van der Waals surface area contributed by atoms with Crippen molar-refractivity contribution in [1.82, 2.24) is 19.5 Å². The average Bonchev–Trinajstić information content (AvgIpc) is 3.46. The number of benzene rings is 1. The molecule has 0 atom stereocenters. The Morgan fingerprint density at radius 3 is 2.55 bits per heavy atom. The van der Waals surface area contributed by atoms with Gasteiger partial charge in [-0.3, -0.25) is 9.36 Å². The lowest BCUT2D eigenvalue weighted by Gasteiger charge is -2.26. The highest BCUT2D eigenvalue weighted by Gasteiger charge is 2.21. The molecule has 0 bridgehead atoms. The number of nitrogens with one attached hydrogen (secondary N) is 3. The number of fused-ring (bicyclic) bond motifs is 1. The number of imidazole rings is 1. The van der Waals surface area contributed by atoms with E-state index in [9.17, 15) is 9.90 Å². The van der Waals surface area contributed by atoms with Gasteiger partial charge in [0.2, 0.25) is 11.9 Å². The van der Waals surface area contributed by atoms with Crippen LogP contribution in [0.4, 0.5) is 23.1 Å². The summed E-state index contributed by atoms with van der Waals surface area (Å²) >= 11 is 1.61. The summed E-state index contributed by atoms with van der Waals surface area (Å²) < 4.78 is 1.95. The number of aliphatic hydroxyl groups is 1. The Bertz CT molecular complexity index is 1250. The third kappa shape index (κ3) is 4.81. The molecule has 1 amide bonds. The lowest BCUT2D eigenvalue weighted by Crippen LogP contribution is -2.29. The van der Waals surface area contributed by atoms with Gasteiger partial charge < -0.3 is 21.1 Å². The van der Waals surface area contributed by atoms with Crippen molar-refractivity contribution >= 4 is 51.5 Å². The van der Waals surface area contributed by atoms with Crippen molar-refractivity contribution in [1.29, 1.82) is 0 Å². The number of amides is 1. The molecule has 1 aliphatic rings. The maximum absolute atomic E-state index is 11.3. The Balaban J connectivity index is 1.48. The first kappa shape index (κ1) is 21.4. The lowest BCUT2D eigenvalue weighted by atomic mass is 9.93. The van der Waals surface area contributed by atoms with Crippen molar-refractivity contribution in [2.45, 2.75) is 44.8 Å². The number of nitrogens with zero attached hydrogens (tertiary/aromatic N) is 4. The van der Waals surface area contributed by atoms with Gasteiger partial charge in [0.05, 0.1) is 11.8 Å². The van der Waals surface area contributed by atoms with E-state index in [4.69, 9.17) is 9.97 Å². The van der Waals surface area contributed by atoms with Crippen molar-refractivity contribution in [3.63, 3.8) is 0 Å². The van der Waals surface area contributed by atoms with E-state index in [1.807, 2.05) is 45.7 Å². The van der Waals surface area contributed by atoms with Crippen LogP contribution in [0.3, 0.4) is 0 Å². The molecule has 10 heteroatoms. The zero-order valence-corrected chi connectivity index (χ0v) is 19.0. The maximum Gasteiger partial charge on any atom is 0.227 e. The number of thiophene rings is 1. The molecular weight excluding hydrogens is 438 g/mol. The van der Waals surface area contributed by atoms with E-state index in [1.165, 1.54) is 6.92 Å². The third-order valence-corrected chi connectivity index (χ3v) is 6.35. The highest BCUT2D eigenvalue weighted by atomic mass is 32.1. The molecule has 0 radical (unpaired) electrons. The molecule has 0 aliphatic heterocycles. The monoisotopic (exact) mass is 463 g/mol. The molecule has 4 aromatic rings. The Morgan fingerprint density at radius 2 is 1.85 bits per heavy atom. The molecule has 4 N–H and O–H groups in total. The smallest absolute Gasteiger partial charge is 0.227 e. The van der Waals surface area contributed by atoms with Crippen LogP contribution in [-0.4, -0.2) is 42.7 Å². The Kier molecular flexibility index (Phi) is 5.93. The van der Waals surface area contributed by atoms with Crippen LogP contribution >= 0.6 is 11.3 Å². The number of aromatic nitrogens is 4. The number of aliphatic hydroxyl groups excluding tert-OH is 1. The van der Waals surface area contributed by atoms with Gasteiger partial charge in [-0.05, 0) is 61.4 Å². The number of rotatable bonds is 6. The van der Waals surface area contributed by atoms with E-state index < -0.39 is 0 Å². The minimum Gasteiger partial charge on any atom is -0.393 e. The summed E-state index contributed by atoms with van der Waals surface area (Å²) in [5, 5.41) is 23.5. The maximum atomic E-state index is 11.3. The van der Waals surface area contributed by atoms with Crippen LogP contribution in [-0.2, 0) is 4.79 Å². The molecule has 170 valence electrons. The second-order valence-electron chi connectivity index (χ2n) is 8.20. The van der Waals surface area contributed by atoms with Crippen LogP contribution in [0.5, 0.6) is 0 Å². The zero-order chi connectivity index (χ0) is 22.8. The summed E-state index contributed by atoms with van der Waals surface area (Å²) in [5.41, 5.74) is 3.92. The highest BCUT2D eigenvalue weighted by Crippen LogP contribution is 2.29. The SMILES string of the molecule is CC(=O)Nc1ccc(Nc2nc(NC3CCC(O)CC3)nc3c2ncn3-c2ccsc2)cc1. The van der Waals surface area contributed by atoms with Crippen LogP contribution in [0, 0.1) is 0 Å². The summed E-state index contributed by atoms with van der Waals surface area (Å²) in [6, 6.07) is 9.66. The van der Waals surface area contributed by atoms with Gasteiger partial charge in [0, 0.05) is 29.7 Å². The van der Waals surface area contributed by atoms with Crippen molar-refractivity contribution in [2.75, 3.05) is 16.0 Å². The number of hydrogen-bond acceptors (Lipinski definition) is 8. The molecule has 3 heterocycles. The molecule has 0 spiro atoms. The van der Waals surface area contributed by atoms with Crippen molar-refractivity contribution in [2.24, 2.45) is 0 Å². The normalized spacial score (nSPS) is 18.2. The summed E-state index contributed by atoms with van der Waals surface area (Å²) in [6.07, 6.45) is 4.84.